The second-order valence-electron chi connectivity index (χ2n) is 7.46. The van der Waals surface area contributed by atoms with Crippen molar-refractivity contribution in [2.75, 3.05) is 7.11 Å². The van der Waals surface area contributed by atoms with Crippen molar-refractivity contribution in [2.24, 2.45) is 0 Å². The summed E-state index contributed by atoms with van der Waals surface area (Å²) in [6, 6.07) is 11.5. The van der Waals surface area contributed by atoms with Gasteiger partial charge in [0, 0.05) is 22.9 Å². The molecule has 4 N–H and O–H groups in total. The molecule has 0 spiro atoms. The van der Waals surface area contributed by atoms with E-state index in [1.807, 2.05) is 0 Å². The third-order valence-corrected chi connectivity index (χ3v) is 5.46. The molecule has 0 bridgehead atoms. The summed E-state index contributed by atoms with van der Waals surface area (Å²) in [5, 5.41) is 10.8. The lowest BCUT2D eigenvalue weighted by atomic mass is 9.85. The summed E-state index contributed by atoms with van der Waals surface area (Å²) in [5.74, 6) is -0.183. The first-order valence-corrected chi connectivity index (χ1v) is 9.99. The van der Waals surface area contributed by atoms with E-state index in [4.69, 9.17) is 9.47 Å². The zero-order valence-corrected chi connectivity index (χ0v) is 17.8. The van der Waals surface area contributed by atoms with Crippen LogP contribution in [0, 0.1) is 19.7 Å². The van der Waals surface area contributed by atoms with Crippen LogP contribution >= 0.6 is 0 Å². The first-order valence-electron chi connectivity index (χ1n) is 9.99. The van der Waals surface area contributed by atoms with Crippen LogP contribution in [0.1, 0.15) is 39.6 Å². The second kappa shape index (κ2) is 8.62. The number of benzene rings is 2. The molecule has 0 radical (unpaired) electrons. The molecule has 0 amide bonds. The van der Waals surface area contributed by atoms with Crippen molar-refractivity contribution in [2.45, 2.75) is 26.4 Å². The molecule has 32 heavy (non-hydrogen) atoms. The Labute approximate surface area is 182 Å². The van der Waals surface area contributed by atoms with E-state index in [0.29, 0.717) is 45.1 Å². The average Bonchev–Trinajstić information content (AvgIpc) is 3.30. The zero-order chi connectivity index (χ0) is 22.8. The molecule has 0 saturated heterocycles. The quantitative estimate of drug-likeness (QED) is 0.354. The highest BCUT2D eigenvalue weighted by molar-refractivity contribution is 5.51. The number of aryl methyl sites for hydroxylation is 2. The van der Waals surface area contributed by atoms with Crippen LogP contribution in [0.4, 0.5) is 4.39 Å². The van der Waals surface area contributed by atoms with Crippen LogP contribution in [0.15, 0.2) is 52.1 Å². The number of halogens is 1. The van der Waals surface area contributed by atoms with E-state index >= 15 is 0 Å². The van der Waals surface area contributed by atoms with Crippen molar-refractivity contribution in [1.29, 1.82) is 0 Å². The molecule has 9 heteroatoms. The van der Waals surface area contributed by atoms with Gasteiger partial charge in [0.25, 0.3) is 11.1 Å². The topological polar surface area (TPSA) is 116 Å². The van der Waals surface area contributed by atoms with E-state index in [2.05, 4.69) is 20.4 Å². The van der Waals surface area contributed by atoms with Crippen molar-refractivity contribution in [3.8, 4) is 11.5 Å². The summed E-state index contributed by atoms with van der Waals surface area (Å²) in [7, 11) is 1.49. The lowest BCUT2D eigenvalue weighted by Gasteiger charge is -2.18. The monoisotopic (exact) mass is 438 g/mol. The summed E-state index contributed by atoms with van der Waals surface area (Å²) in [4.78, 5) is 25.2. The third kappa shape index (κ3) is 3.84. The van der Waals surface area contributed by atoms with E-state index in [1.54, 1.807) is 50.2 Å². The van der Waals surface area contributed by atoms with E-state index in [1.165, 1.54) is 13.2 Å². The summed E-state index contributed by atoms with van der Waals surface area (Å²) in [6.45, 7) is 3.55. The van der Waals surface area contributed by atoms with Crippen LogP contribution in [-0.2, 0) is 6.61 Å². The molecule has 166 valence electrons. The number of ether oxygens (including phenoxy) is 2. The summed E-state index contributed by atoms with van der Waals surface area (Å²) in [5.41, 5.74) is 2.57. The molecule has 0 aliphatic carbocycles. The SMILES string of the molecule is COc1cc(C(c2c(C)[nH][nH]c2=O)c2c(C)[nH][nH]c2=O)ccc1OCc1ccccc1F. The number of H-pyrrole nitrogens is 4. The van der Waals surface area contributed by atoms with Gasteiger partial charge in [0.2, 0.25) is 0 Å². The number of aromatic amines is 4. The molecule has 0 saturated carbocycles. The Bertz CT molecular complexity index is 1310. The number of hydrogen-bond acceptors (Lipinski definition) is 4. The largest absolute Gasteiger partial charge is 0.493 e. The minimum absolute atomic E-state index is 0.0268. The Hall–Kier alpha value is -4.01. The Morgan fingerprint density at radius 2 is 1.50 bits per heavy atom. The predicted molar refractivity (Wildman–Crippen MR) is 117 cm³/mol. The van der Waals surface area contributed by atoms with Gasteiger partial charge in [-0.25, -0.2) is 4.39 Å². The number of hydrogen-bond donors (Lipinski definition) is 4. The van der Waals surface area contributed by atoms with Crippen molar-refractivity contribution in [3.05, 3.63) is 103 Å². The maximum Gasteiger partial charge on any atom is 0.268 e. The van der Waals surface area contributed by atoms with Gasteiger partial charge in [0.05, 0.1) is 18.2 Å². The maximum absolute atomic E-state index is 13.9. The highest BCUT2D eigenvalue weighted by Crippen LogP contribution is 2.37. The molecule has 0 unspecified atom stereocenters. The van der Waals surface area contributed by atoms with E-state index in [9.17, 15) is 14.0 Å². The molecular weight excluding hydrogens is 415 g/mol. The van der Waals surface area contributed by atoms with Crippen LogP contribution in [0.3, 0.4) is 0 Å². The molecule has 4 rings (SSSR count). The highest BCUT2D eigenvalue weighted by atomic mass is 19.1. The first-order chi connectivity index (χ1) is 15.4. The van der Waals surface area contributed by atoms with Gasteiger partial charge >= 0.3 is 0 Å². The lowest BCUT2D eigenvalue weighted by Crippen LogP contribution is -2.20. The minimum Gasteiger partial charge on any atom is -0.493 e. The summed E-state index contributed by atoms with van der Waals surface area (Å²) in [6.07, 6.45) is 0. The molecule has 8 nitrogen and oxygen atoms in total. The Balaban J connectivity index is 1.77. The molecule has 0 aliphatic rings. The fraction of sp³-hybridized carbons (Fsp3) is 0.217. The Morgan fingerprint density at radius 3 is 2.03 bits per heavy atom. The van der Waals surface area contributed by atoms with Gasteiger partial charge in [-0.1, -0.05) is 24.3 Å². The first kappa shape index (κ1) is 21.2. The Morgan fingerprint density at radius 1 is 0.875 bits per heavy atom. The van der Waals surface area contributed by atoms with Gasteiger partial charge in [-0.15, -0.1) is 0 Å². The number of nitrogens with one attached hydrogen (secondary N) is 4. The van der Waals surface area contributed by atoms with Gasteiger partial charge in [0.1, 0.15) is 12.4 Å². The van der Waals surface area contributed by atoms with Crippen molar-refractivity contribution < 1.29 is 13.9 Å². The molecule has 4 aromatic rings. The van der Waals surface area contributed by atoms with Crippen LogP contribution in [0.5, 0.6) is 11.5 Å². The molecule has 0 fully saturated rings. The third-order valence-electron chi connectivity index (χ3n) is 5.46. The normalized spacial score (nSPS) is 11.2. The number of aromatic nitrogens is 4. The second-order valence-corrected chi connectivity index (χ2v) is 7.46. The highest BCUT2D eigenvalue weighted by Gasteiger charge is 2.28. The number of rotatable bonds is 7. The van der Waals surface area contributed by atoms with Crippen molar-refractivity contribution in [1.82, 2.24) is 20.4 Å². The van der Waals surface area contributed by atoms with Crippen LogP contribution in [0.25, 0.3) is 0 Å². The smallest absolute Gasteiger partial charge is 0.268 e. The zero-order valence-electron chi connectivity index (χ0n) is 17.8. The minimum atomic E-state index is -0.644. The van der Waals surface area contributed by atoms with Gasteiger partial charge in [-0.2, -0.15) is 0 Å². The fourth-order valence-electron chi connectivity index (χ4n) is 3.84. The number of methoxy groups -OCH3 is 1. The molecule has 2 aromatic carbocycles. The van der Waals surface area contributed by atoms with Crippen molar-refractivity contribution in [3.63, 3.8) is 0 Å². The fourth-order valence-corrected chi connectivity index (χ4v) is 3.84. The molecule has 2 heterocycles. The van der Waals surface area contributed by atoms with Gasteiger partial charge < -0.3 is 19.7 Å². The lowest BCUT2D eigenvalue weighted by molar-refractivity contribution is 0.279. The standard InChI is InChI=1S/C23H23FN4O4/c1-12-19(22(29)27-25-12)21(20-13(2)26-28-23(20)30)14-8-9-17(18(10-14)31-3)32-11-15-6-4-5-7-16(15)24/h4-10,21H,11H2,1-3H3,(H2,25,27,29)(H2,26,28,30). The average molecular weight is 438 g/mol. The van der Waals surface area contributed by atoms with Gasteiger partial charge in [-0.3, -0.25) is 19.8 Å². The maximum atomic E-state index is 13.9. The van der Waals surface area contributed by atoms with E-state index < -0.39 is 5.92 Å². The molecular formula is C23H23FN4O4. The molecule has 0 atom stereocenters. The molecule has 0 aliphatic heterocycles. The molecule has 2 aromatic heterocycles. The van der Waals surface area contributed by atoms with Crippen molar-refractivity contribution >= 4 is 0 Å². The summed E-state index contributed by atoms with van der Waals surface area (Å²) < 4.78 is 25.2. The van der Waals surface area contributed by atoms with E-state index in [-0.39, 0.29) is 23.5 Å². The Kier molecular flexibility index (Phi) is 5.72. The van der Waals surface area contributed by atoms with Gasteiger partial charge in [-0.05, 0) is 37.6 Å². The van der Waals surface area contributed by atoms with Crippen LogP contribution in [-0.4, -0.2) is 27.5 Å². The summed E-state index contributed by atoms with van der Waals surface area (Å²) >= 11 is 0. The van der Waals surface area contributed by atoms with Crippen LogP contribution in [0.2, 0.25) is 0 Å². The van der Waals surface area contributed by atoms with E-state index in [0.717, 1.165) is 0 Å². The van der Waals surface area contributed by atoms with Crippen LogP contribution < -0.4 is 20.6 Å². The van der Waals surface area contributed by atoms with Gasteiger partial charge in [0.15, 0.2) is 11.5 Å². The predicted octanol–water partition coefficient (Wildman–Crippen LogP) is 3.24.